The number of anilines is 2. The lowest BCUT2D eigenvalue weighted by atomic mass is 10.1. The minimum Gasteiger partial charge on any atom is -0.462 e. The van der Waals surface area contributed by atoms with Gasteiger partial charge in [-0.1, -0.05) is 32.0 Å². The van der Waals surface area contributed by atoms with Crippen LogP contribution in [0, 0.1) is 5.92 Å². The van der Waals surface area contributed by atoms with Crippen molar-refractivity contribution in [2.24, 2.45) is 5.92 Å². The molecule has 2 aromatic rings. The van der Waals surface area contributed by atoms with Crippen LogP contribution in [0.25, 0.3) is 0 Å². The number of nitrogens with zero attached hydrogens (tertiary/aromatic N) is 2. The quantitative estimate of drug-likeness (QED) is 0.502. The van der Waals surface area contributed by atoms with Gasteiger partial charge in [-0.25, -0.2) is 14.5 Å². The van der Waals surface area contributed by atoms with E-state index in [2.05, 4.69) is 5.32 Å². The Balaban J connectivity index is 1.73. The average Bonchev–Trinajstić information content (AvgIpc) is 2.98. The summed E-state index contributed by atoms with van der Waals surface area (Å²) in [5.74, 6) is -1.13. The van der Waals surface area contributed by atoms with E-state index in [9.17, 15) is 19.2 Å². The minimum absolute atomic E-state index is 0.128. The van der Waals surface area contributed by atoms with Crippen molar-refractivity contribution in [3.63, 3.8) is 0 Å². The van der Waals surface area contributed by atoms with E-state index in [0.717, 1.165) is 4.90 Å². The topological polar surface area (TPSA) is 96.0 Å². The number of hydrogen-bond acceptors (Lipinski definition) is 5. The van der Waals surface area contributed by atoms with Crippen LogP contribution in [0.5, 0.6) is 0 Å². The lowest BCUT2D eigenvalue weighted by molar-refractivity contribution is -0.124. The Morgan fingerprint density at radius 3 is 2.28 bits per heavy atom. The lowest BCUT2D eigenvalue weighted by Crippen LogP contribution is -2.40. The van der Waals surface area contributed by atoms with Gasteiger partial charge in [-0.3, -0.25) is 9.59 Å². The third-order valence-corrected chi connectivity index (χ3v) is 4.95. The SMILES string of the molecule is CCOC(=O)c1ccc(NC(=O)C[C@@H]2C(=O)N(c3ccccc3)C(=O)N2CC(C)C)cc1. The van der Waals surface area contributed by atoms with Crippen LogP contribution in [-0.4, -0.2) is 47.9 Å². The highest BCUT2D eigenvalue weighted by Gasteiger charge is 2.46. The first-order valence-electron chi connectivity index (χ1n) is 10.6. The zero-order valence-corrected chi connectivity index (χ0v) is 18.4. The van der Waals surface area contributed by atoms with Crippen LogP contribution in [0.3, 0.4) is 0 Å². The number of urea groups is 1. The van der Waals surface area contributed by atoms with Crippen molar-refractivity contribution in [2.75, 3.05) is 23.4 Å². The molecule has 1 saturated heterocycles. The maximum absolute atomic E-state index is 13.1. The van der Waals surface area contributed by atoms with E-state index in [-0.39, 0.29) is 18.9 Å². The van der Waals surface area contributed by atoms with Crippen LogP contribution in [0.1, 0.15) is 37.6 Å². The number of carbonyl (C=O) groups excluding carboxylic acids is 4. The van der Waals surface area contributed by atoms with Gasteiger partial charge in [0.25, 0.3) is 5.91 Å². The fourth-order valence-corrected chi connectivity index (χ4v) is 3.54. The van der Waals surface area contributed by atoms with Crippen molar-refractivity contribution in [3.05, 3.63) is 60.2 Å². The molecule has 0 aliphatic carbocycles. The van der Waals surface area contributed by atoms with E-state index in [4.69, 9.17) is 4.74 Å². The van der Waals surface area contributed by atoms with E-state index in [0.29, 0.717) is 23.5 Å². The van der Waals surface area contributed by atoms with Gasteiger partial charge >= 0.3 is 12.0 Å². The summed E-state index contributed by atoms with van der Waals surface area (Å²) in [6.07, 6.45) is -0.166. The average molecular weight is 437 g/mol. The van der Waals surface area contributed by atoms with E-state index >= 15 is 0 Å². The first kappa shape index (κ1) is 23.0. The normalized spacial score (nSPS) is 15.9. The number of para-hydroxylation sites is 1. The van der Waals surface area contributed by atoms with Crippen molar-refractivity contribution in [2.45, 2.75) is 33.2 Å². The maximum Gasteiger partial charge on any atom is 0.338 e. The summed E-state index contributed by atoms with van der Waals surface area (Å²) in [4.78, 5) is 53.2. The van der Waals surface area contributed by atoms with Crippen LogP contribution in [0.4, 0.5) is 16.2 Å². The number of imide groups is 1. The molecular weight excluding hydrogens is 410 g/mol. The Bertz CT molecular complexity index is 988. The molecule has 0 spiro atoms. The number of carbonyl (C=O) groups is 4. The van der Waals surface area contributed by atoms with Crippen LogP contribution >= 0.6 is 0 Å². The highest BCUT2D eigenvalue weighted by atomic mass is 16.5. The molecule has 4 amide bonds. The molecule has 3 rings (SSSR count). The Morgan fingerprint density at radius 2 is 1.69 bits per heavy atom. The van der Waals surface area contributed by atoms with Gasteiger partial charge in [0.2, 0.25) is 5.91 Å². The molecule has 8 nitrogen and oxygen atoms in total. The van der Waals surface area contributed by atoms with Crippen LogP contribution in [0.2, 0.25) is 0 Å². The predicted octanol–water partition coefficient (Wildman–Crippen LogP) is 3.69. The van der Waals surface area contributed by atoms with Gasteiger partial charge in [0, 0.05) is 12.2 Å². The molecule has 8 heteroatoms. The van der Waals surface area contributed by atoms with Gasteiger partial charge in [0.15, 0.2) is 0 Å². The Morgan fingerprint density at radius 1 is 1.03 bits per heavy atom. The largest absolute Gasteiger partial charge is 0.462 e. The van der Waals surface area contributed by atoms with Crippen molar-refractivity contribution in [1.82, 2.24) is 4.90 Å². The first-order valence-corrected chi connectivity index (χ1v) is 10.6. The van der Waals surface area contributed by atoms with Gasteiger partial charge in [-0.05, 0) is 49.2 Å². The fourth-order valence-electron chi connectivity index (χ4n) is 3.54. The molecule has 168 valence electrons. The molecule has 32 heavy (non-hydrogen) atoms. The second-order valence-corrected chi connectivity index (χ2v) is 7.90. The number of amides is 4. The zero-order chi connectivity index (χ0) is 23.3. The summed E-state index contributed by atoms with van der Waals surface area (Å²) < 4.78 is 4.94. The molecule has 1 aliphatic heterocycles. The Labute approximate surface area is 187 Å². The predicted molar refractivity (Wildman–Crippen MR) is 120 cm³/mol. The Hall–Kier alpha value is -3.68. The van der Waals surface area contributed by atoms with Crippen molar-refractivity contribution in [1.29, 1.82) is 0 Å². The molecule has 1 N–H and O–H groups in total. The van der Waals surface area contributed by atoms with Gasteiger partial charge in [0.05, 0.1) is 24.3 Å². The van der Waals surface area contributed by atoms with E-state index < -0.39 is 29.9 Å². The number of rotatable bonds is 8. The number of nitrogens with one attached hydrogen (secondary N) is 1. The highest BCUT2D eigenvalue weighted by Crippen LogP contribution is 2.27. The van der Waals surface area contributed by atoms with Gasteiger partial charge in [-0.15, -0.1) is 0 Å². The number of benzene rings is 2. The van der Waals surface area contributed by atoms with Crippen molar-refractivity contribution >= 4 is 35.2 Å². The van der Waals surface area contributed by atoms with Crippen molar-refractivity contribution < 1.29 is 23.9 Å². The first-order chi connectivity index (χ1) is 15.3. The number of esters is 1. The second kappa shape index (κ2) is 10.1. The minimum atomic E-state index is -0.885. The summed E-state index contributed by atoms with van der Waals surface area (Å²) in [5, 5.41) is 2.73. The summed E-state index contributed by atoms with van der Waals surface area (Å²) in [7, 11) is 0. The molecule has 1 heterocycles. The molecule has 0 saturated carbocycles. The van der Waals surface area contributed by atoms with Gasteiger partial charge < -0.3 is 15.0 Å². The monoisotopic (exact) mass is 437 g/mol. The van der Waals surface area contributed by atoms with Crippen LogP contribution < -0.4 is 10.2 Å². The second-order valence-electron chi connectivity index (χ2n) is 7.90. The molecule has 1 atom stereocenters. The molecular formula is C24H27N3O5. The summed E-state index contributed by atoms with van der Waals surface area (Å²) in [6.45, 7) is 6.26. The molecule has 1 aliphatic rings. The highest BCUT2D eigenvalue weighted by molar-refractivity contribution is 6.22. The maximum atomic E-state index is 13.1. The molecule has 0 bridgehead atoms. The van der Waals surface area contributed by atoms with E-state index in [1.807, 2.05) is 13.8 Å². The van der Waals surface area contributed by atoms with Crippen LogP contribution in [-0.2, 0) is 14.3 Å². The van der Waals surface area contributed by atoms with E-state index in [1.165, 1.54) is 4.90 Å². The number of ether oxygens (including phenoxy) is 1. The van der Waals surface area contributed by atoms with Gasteiger partial charge in [-0.2, -0.15) is 0 Å². The third kappa shape index (κ3) is 5.14. The summed E-state index contributed by atoms with van der Waals surface area (Å²) in [6, 6.07) is 13.7. The van der Waals surface area contributed by atoms with Crippen molar-refractivity contribution in [3.8, 4) is 0 Å². The molecule has 0 aromatic heterocycles. The zero-order valence-electron chi connectivity index (χ0n) is 18.4. The van der Waals surface area contributed by atoms with E-state index in [1.54, 1.807) is 61.5 Å². The number of hydrogen-bond donors (Lipinski definition) is 1. The standard InChI is InChI=1S/C24H27N3O5/c1-4-32-23(30)17-10-12-18(13-11-17)25-21(28)14-20-22(29)27(19-8-6-5-7-9-19)24(31)26(20)15-16(2)3/h5-13,16,20H,4,14-15H2,1-3H3,(H,25,28)/t20-/m1/s1. The smallest absolute Gasteiger partial charge is 0.338 e. The molecule has 1 fully saturated rings. The summed E-state index contributed by atoms with van der Waals surface area (Å²) >= 11 is 0. The molecule has 0 unspecified atom stereocenters. The Kier molecular flexibility index (Phi) is 7.25. The summed E-state index contributed by atoms with van der Waals surface area (Å²) in [5.41, 5.74) is 1.34. The third-order valence-electron chi connectivity index (χ3n) is 4.95. The lowest BCUT2D eigenvalue weighted by Gasteiger charge is -2.23. The fraction of sp³-hybridized carbons (Fsp3) is 0.333. The van der Waals surface area contributed by atoms with Crippen LogP contribution in [0.15, 0.2) is 54.6 Å². The molecule has 2 aromatic carbocycles. The van der Waals surface area contributed by atoms with Gasteiger partial charge in [0.1, 0.15) is 6.04 Å². The molecule has 0 radical (unpaired) electrons.